The second kappa shape index (κ2) is 9.55. The molecule has 0 aromatic heterocycles. The Morgan fingerprint density at radius 2 is 1.91 bits per heavy atom. The molecule has 3 rings (SSSR count). The summed E-state index contributed by atoms with van der Waals surface area (Å²) >= 11 is 0. The molecule has 0 amide bonds. The van der Waals surface area contributed by atoms with Gasteiger partial charge in [0, 0.05) is 37.6 Å². The van der Waals surface area contributed by atoms with Crippen LogP contribution in [0, 0.1) is 5.92 Å². The third kappa shape index (κ3) is 4.88. The molecule has 0 spiro atoms. The van der Waals surface area contributed by atoms with Crippen LogP contribution in [0.15, 0.2) is 58.5 Å². The zero-order chi connectivity index (χ0) is 23.7. The number of sulfonamides is 1. The van der Waals surface area contributed by atoms with Gasteiger partial charge < -0.3 is 18.9 Å². The van der Waals surface area contributed by atoms with E-state index in [2.05, 4.69) is 6.08 Å². The second-order valence-corrected chi connectivity index (χ2v) is 10.9. The van der Waals surface area contributed by atoms with Gasteiger partial charge >= 0.3 is 0 Å². The molecule has 3 aliphatic rings. The van der Waals surface area contributed by atoms with Crippen molar-refractivity contribution >= 4 is 10.0 Å². The molecule has 0 N–H and O–H groups in total. The topological polar surface area (TPSA) is 74.3 Å². The highest BCUT2D eigenvalue weighted by atomic mass is 32.2. The van der Waals surface area contributed by atoms with Crippen LogP contribution in [0.1, 0.15) is 34.1 Å². The third-order valence-corrected chi connectivity index (χ3v) is 8.10. The molecule has 8 heteroatoms. The van der Waals surface area contributed by atoms with Crippen molar-refractivity contribution in [3.8, 4) is 0 Å². The van der Waals surface area contributed by atoms with E-state index in [1.165, 1.54) is 11.4 Å². The van der Waals surface area contributed by atoms with Crippen molar-refractivity contribution in [2.45, 2.75) is 58.0 Å². The van der Waals surface area contributed by atoms with Crippen molar-refractivity contribution in [2.24, 2.45) is 5.92 Å². The first kappa shape index (κ1) is 24.8. The Balaban J connectivity index is 1.93. The molecule has 1 aliphatic heterocycles. The Hall–Kier alpha value is -1.87. The van der Waals surface area contributed by atoms with Crippen molar-refractivity contribution < 1.29 is 27.4 Å². The maximum atomic E-state index is 13.6. The van der Waals surface area contributed by atoms with Crippen LogP contribution in [-0.2, 0) is 29.0 Å². The summed E-state index contributed by atoms with van der Waals surface area (Å²) < 4.78 is 51.5. The highest BCUT2D eigenvalue weighted by Gasteiger charge is 2.39. The summed E-state index contributed by atoms with van der Waals surface area (Å²) in [4.78, 5) is 0.300. The molecule has 0 saturated heterocycles. The average Bonchev–Trinajstić information content (AvgIpc) is 2.75. The van der Waals surface area contributed by atoms with Crippen molar-refractivity contribution in [1.82, 2.24) is 4.31 Å². The quantitative estimate of drug-likeness (QED) is 0.509. The number of rotatable bonds is 8. The van der Waals surface area contributed by atoms with E-state index in [1.807, 2.05) is 45.9 Å². The van der Waals surface area contributed by atoms with E-state index in [4.69, 9.17) is 18.9 Å². The summed E-state index contributed by atoms with van der Waals surface area (Å²) in [6.07, 6.45) is 11.0. The number of ether oxygens (including phenoxy) is 4. The summed E-state index contributed by atoms with van der Waals surface area (Å²) in [6, 6.07) is -0.255. The Labute approximate surface area is 192 Å². The van der Waals surface area contributed by atoms with Crippen LogP contribution in [0.5, 0.6) is 0 Å². The Kier molecular flexibility index (Phi) is 7.39. The van der Waals surface area contributed by atoms with E-state index < -0.39 is 21.7 Å². The zero-order valence-corrected chi connectivity index (χ0v) is 20.8. The van der Waals surface area contributed by atoms with Crippen molar-refractivity contribution in [2.75, 3.05) is 27.9 Å². The molecule has 0 aromatic rings. The van der Waals surface area contributed by atoms with Crippen molar-refractivity contribution in [1.29, 1.82) is 0 Å². The van der Waals surface area contributed by atoms with Crippen molar-refractivity contribution in [3.05, 3.63) is 58.5 Å². The maximum absolute atomic E-state index is 13.6. The van der Waals surface area contributed by atoms with Crippen LogP contribution in [0.4, 0.5) is 0 Å². The highest BCUT2D eigenvalue weighted by Crippen LogP contribution is 2.37. The SMILES string of the molecule is COC1=CCC(S(=O)(=O)N(CC2=C(OC)C3OC(C)(C)C=CC3C=C2)C(C)C)=CC1OC. The molecule has 0 saturated carbocycles. The minimum atomic E-state index is -3.75. The Bertz CT molecular complexity index is 970. The number of nitrogens with zero attached hydrogens (tertiary/aromatic N) is 1. The van der Waals surface area contributed by atoms with E-state index in [0.717, 1.165) is 5.57 Å². The van der Waals surface area contributed by atoms with E-state index >= 15 is 0 Å². The monoisotopic (exact) mass is 465 g/mol. The number of hydrogen-bond donors (Lipinski definition) is 0. The first-order valence-electron chi connectivity index (χ1n) is 10.9. The van der Waals surface area contributed by atoms with Gasteiger partial charge in [0.25, 0.3) is 0 Å². The van der Waals surface area contributed by atoms with E-state index in [9.17, 15) is 8.42 Å². The summed E-state index contributed by atoms with van der Waals surface area (Å²) in [5, 5.41) is 0. The molecule has 0 fully saturated rings. The van der Waals surface area contributed by atoms with Gasteiger partial charge in [-0.2, -0.15) is 4.31 Å². The lowest BCUT2D eigenvalue weighted by molar-refractivity contribution is -0.0663. The molecule has 2 aliphatic carbocycles. The number of fused-ring (bicyclic) bond motifs is 1. The van der Waals surface area contributed by atoms with Gasteiger partial charge in [-0.1, -0.05) is 24.3 Å². The lowest BCUT2D eigenvalue weighted by Gasteiger charge is -2.39. The van der Waals surface area contributed by atoms with E-state index in [-0.39, 0.29) is 31.0 Å². The third-order valence-electron chi connectivity index (χ3n) is 5.97. The maximum Gasteiger partial charge on any atom is 0.239 e. The predicted octanol–water partition coefficient (Wildman–Crippen LogP) is 3.68. The summed E-state index contributed by atoms with van der Waals surface area (Å²) in [5.74, 6) is 1.34. The largest absolute Gasteiger partial charge is 0.498 e. The predicted molar refractivity (Wildman–Crippen MR) is 124 cm³/mol. The van der Waals surface area contributed by atoms with Crippen LogP contribution < -0.4 is 0 Å². The molecule has 7 nitrogen and oxygen atoms in total. The first-order chi connectivity index (χ1) is 15.0. The molecule has 0 aromatic carbocycles. The normalized spacial score (nSPS) is 27.3. The highest BCUT2D eigenvalue weighted by molar-refractivity contribution is 7.93. The molecule has 1 heterocycles. The van der Waals surface area contributed by atoms with Gasteiger partial charge in [0.15, 0.2) is 0 Å². The number of allylic oxidation sites excluding steroid dienone is 2. The van der Waals surface area contributed by atoms with Gasteiger partial charge in [0.1, 0.15) is 23.7 Å². The van der Waals surface area contributed by atoms with Gasteiger partial charge in [-0.3, -0.25) is 0 Å². The lowest BCUT2D eigenvalue weighted by atomic mass is 9.87. The second-order valence-electron chi connectivity index (χ2n) is 8.98. The summed E-state index contributed by atoms with van der Waals surface area (Å²) in [6.45, 7) is 7.93. The lowest BCUT2D eigenvalue weighted by Crippen LogP contribution is -2.43. The number of methoxy groups -OCH3 is 3. The average molecular weight is 466 g/mol. The molecule has 0 radical (unpaired) electrons. The van der Waals surface area contributed by atoms with Crippen LogP contribution in [-0.4, -0.2) is 64.4 Å². The minimum absolute atomic E-state index is 0.0620. The molecule has 3 atom stereocenters. The minimum Gasteiger partial charge on any atom is -0.498 e. The molecule has 0 bridgehead atoms. The van der Waals surface area contributed by atoms with Crippen LogP contribution in [0.2, 0.25) is 0 Å². The van der Waals surface area contributed by atoms with Gasteiger partial charge in [-0.05, 0) is 39.8 Å². The molecule has 3 unspecified atom stereocenters. The summed E-state index contributed by atoms with van der Waals surface area (Å²) in [5.41, 5.74) is 0.378. The Morgan fingerprint density at radius 3 is 2.50 bits per heavy atom. The molecular formula is C24H35NO6S. The smallest absolute Gasteiger partial charge is 0.239 e. The van der Waals surface area contributed by atoms with Gasteiger partial charge in [0.05, 0.1) is 24.7 Å². The van der Waals surface area contributed by atoms with Gasteiger partial charge in [-0.25, -0.2) is 8.42 Å². The standard InChI is InChI=1S/C24H35NO6S/c1-16(2)25(32(26,27)19-10-11-20(28-5)21(14-19)29-6)15-18-9-8-17-12-13-24(3,4)31-23(17)22(18)30-7/h8-9,11-14,16-17,21,23H,10,15H2,1-7H3. The first-order valence-corrected chi connectivity index (χ1v) is 12.3. The van der Waals surface area contributed by atoms with Crippen LogP contribution in [0.25, 0.3) is 0 Å². The number of hydrogen-bond acceptors (Lipinski definition) is 6. The van der Waals surface area contributed by atoms with Crippen molar-refractivity contribution in [3.63, 3.8) is 0 Å². The zero-order valence-electron chi connectivity index (χ0n) is 20.0. The molecular weight excluding hydrogens is 430 g/mol. The fourth-order valence-electron chi connectivity index (χ4n) is 4.23. The van der Waals surface area contributed by atoms with Crippen LogP contribution in [0.3, 0.4) is 0 Å². The van der Waals surface area contributed by atoms with E-state index in [0.29, 0.717) is 16.4 Å². The van der Waals surface area contributed by atoms with E-state index in [1.54, 1.807) is 26.4 Å². The van der Waals surface area contributed by atoms with Gasteiger partial charge in [0.2, 0.25) is 10.0 Å². The molecule has 32 heavy (non-hydrogen) atoms. The molecule has 178 valence electrons. The fourth-order valence-corrected chi connectivity index (χ4v) is 5.98. The Morgan fingerprint density at radius 1 is 1.19 bits per heavy atom. The van der Waals surface area contributed by atoms with Gasteiger partial charge in [-0.15, -0.1) is 0 Å². The fraction of sp³-hybridized carbons (Fsp3) is 0.583. The summed E-state index contributed by atoms with van der Waals surface area (Å²) in [7, 11) is 0.947. The van der Waals surface area contributed by atoms with Crippen LogP contribution >= 0.6 is 0 Å².